The molecule has 1 aliphatic heterocycles. The first-order chi connectivity index (χ1) is 8.74. The SMILES string of the molecule is CCc1cc(C=N)c(N)cc1CCC1=NCC=C1. The van der Waals surface area contributed by atoms with E-state index in [-0.39, 0.29) is 0 Å². The number of nitrogens with one attached hydrogen (secondary N) is 1. The Balaban J connectivity index is 2.18. The topological polar surface area (TPSA) is 62.2 Å². The van der Waals surface area contributed by atoms with Gasteiger partial charge in [-0.2, -0.15) is 0 Å². The van der Waals surface area contributed by atoms with E-state index in [1.807, 2.05) is 12.1 Å². The maximum Gasteiger partial charge on any atom is 0.0577 e. The van der Waals surface area contributed by atoms with Crippen molar-refractivity contribution in [3.8, 4) is 0 Å². The molecule has 0 bridgehead atoms. The Bertz CT molecular complexity index is 513. The molecular formula is C15H19N3. The van der Waals surface area contributed by atoms with Gasteiger partial charge in [0.05, 0.1) is 6.54 Å². The molecule has 3 nitrogen and oxygen atoms in total. The van der Waals surface area contributed by atoms with Crippen LogP contribution in [0, 0.1) is 5.41 Å². The predicted octanol–water partition coefficient (Wildman–Crippen LogP) is 2.77. The van der Waals surface area contributed by atoms with E-state index in [0.29, 0.717) is 5.69 Å². The molecule has 0 radical (unpaired) electrons. The summed E-state index contributed by atoms with van der Waals surface area (Å²) in [4.78, 5) is 4.40. The van der Waals surface area contributed by atoms with Gasteiger partial charge < -0.3 is 11.1 Å². The molecule has 0 aromatic heterocycles. The van der Waals surface area contributed by atoms with Gasteiger partial charge in [0.1, 0.15) is 0 Å². The average molecular weight is 241 g/mol. The second kappa shape index (κ2) is 5.63. The fourth-order valence-corrected chi connectivity index (χ4v) is 2.25. The van der Waals surface area contributed by atoms with Gasteiger partial charge in [-0.05, 0) is 48.6 Å². The molecule has 0 fully saturated rings. The van der Waals surface area contributed by atoms with Crippen LogP contribution in [-0.2, 0) is 12.8 Å². The van der Waals surface area contributed by atoms with Crippen LogP contribution in [0.4, 0.5) is 5.69 Å². The van der Waals surface area contributed by atoms with Crippen molar-refractivity contribution >= 4 is 17.6 Å². The number of anilines is 1. The molecule has 0 unspecified atom stereocenters. The molecule has 3 heteroatoms. The van der Waals surface area contributed by atoms with Gasteiger partial charge >= 0.3 is 0 Å². The second-order valence-electron chi connectivity index (χ2n) is 4.48. The zero-order valence-electron chi connectivity index (χ0n) is 10.7. The van der Waals surface area contributed by atoms with Crippen LogP contribution in [0.15, 0.2) is 29.3 Å². The number of aryl methyl sites for hydroxylation is 2. The largest absolute Gasteiger partial charge is 0.398 e. The van der Waals surface area contributed by atoms with Crippen LogP contribution < -0.4 is 5.73 Å². The fraction of sp³-hybridized carbons (Fsp3) is 0.333. The molecule has 18 heavy (non-hydrogen) atoms. The van der Waals surface area contributed by atoms with Crippen molar-refractivity contribution in [2.75, 3.05) is 12.3 Å². The number of hydrogen-bond donors (Lipinski definition) is 2. The van der Waals surface area contributed by atoms with Gasteiger partial charge in [-0.15, -0.1) is 0 Å². The van der Waals surface area contributed by atoms with Crippen molar-refractivity contribution in [1.82, 2.24) is 0 Å². The number of hydrogen-bond acceptors (Lipinski definition) is 3. The maximum atomic E-state index is 7.33. The van der Waals surface area contributed by atoms with E-state index < -0.39 is 0 Å². The molecule has 1 aromatic rings. The number of nitrogens with zero attached hydrogens (tertiary/aromatic N) is 1. The highest BCUT2D eigenvalue weighted by Gasteiger charge is 2.07. The summed E-state index contributed by atoms with van der Waals surface area (Å²) in [6.45, 7) is 2.96. The fourth-order valence-electron chi connectivity index (χ4n) is 2.25. The van der Waals surface area contributed by atoms with Crippen LogP contribution in [-0.4, -0.2) is 18.5 Å². The van der Waals surface area contributed by atoms with Gasteiger partial charge in [0.25, 0.3) is 0 Å². The van der Waals surface area contributed by atoms with Gasteiger partial charge in [0.2, 0.25) is 0 Å². The average Bonchev–Trinajstić information content (AvgIpc) is 2.89. The summed E-state index contributed by atoms with van der Waals surface area (Å²) in [6, 6.07) is 4.04. The lowest BCUT2D eigenvalue weighted by molar-refractivity contribution is 0.986. The van der Waals surface area contributed by atoms with Gasteiger partial charge in [-0.3, -0.25) is 4.99 Å². The Morgan fingerprint density at radius 1 is 1.33 bits per heavy atom. The van der Waals surface area contributed by atoms with Crippen LogP contribution in [0.25, 0.3) is 0 Å². The Morgan fingerprint density at radius 3 is 2.78 bits per heavy atom. The Kier molecular flexibility index (Phi) is 3.92. The molecule has 0 saturated carbocycles. The zero-order valence-corrected chi connectivity index (χ0v) is 10.7. The van der Waals surface area contributed by atoms with E-state index in [2.05, 4.69) is 24.1 Å². The minimum Gasteiger partial charge on any atom is -0.398 e. The lowest BCUT2D eigenvalue weighted by atomic mass is 9.96. The predicted molar refractivity (Wildman–Crippen MR) is 77.9 cm³/mol. The molecule has 0 spiro atoms. The van der Waals surface area contributed by atoms with E-state index in [1.54, 1.807) is 0 Å². The van der Waals surface area contributed by atoms with Crippen molar-refractivity contribution in [1.29, 1.82) is 5.41 Å². The minimum absolute atomic E-state index is 0.695. The van der Waals surface area contributed by atoms with E-state index in [0.717, 1.165) is 31.4 Å². The van der Waals surface area contributed by atoms with Crippen LogP contribution in [0.3, 0.4) is 0 Å². The highest BCUT2D eigenvalue weighted by molar-refractivity contribution is 5.96. The molecule has 1 aromatic carbocycles. The molecule has 0 amide bonds. The highest BCUT2D eigenvalue weighted by atomic mass is 14.7. The summed E-state index contributed by atoms with van der Waals surface area (Å²) < 4.78 is 0. The molecule has 0 aliphatic carbocycles. The molecule has 1 heterocycles. The third-order valence-electron chi connectivity index (χ3n) is 3.30. The third-order valence-corrected chi connectivity index (χ3v) is 3.30. The number of allylic oxidation sites excluding steroid dienone is 1. The van der Waals surface area contributed by atoms with E-state index >= 15 is 0 Å². The van der Waals surface area contributed by atoms with Crippen molar-refractivity contribution < 1.29 is 0 Å². The van der Waals surface area contributed by atoms with E-state index in [1.165, 1.54) is 23.1 Å². The molecular weight excluding hydrogens is 222 g/mol. The summed E-state index contributed by atoms with van der Waals surface area (Å²) in [6.07, 6.45) is 8.41. The van der Waals surface area contributed by atoms with Crippen molar-refractivity contribution in [3.63, 3.8) is 0 Å². The van der Waals surface area contributed by atoms with Crippen LogP contribution >= 0.6 is 0 Å². The maximum absolute atomic E-state index is 7.33. The number of nitrogen functional groups attached to an aromatic ring is 1. The van der Waals surface area contributed by atoms with E-state index in [9.17, 15) is 0 Å². The normalized spacial score (nSPS) is 13.7. The van der Waals surface area contributed by atoms with Crippen molar-refractivity contribution in [2.24, 2.45) is 4.99 Å². The molecule has 0 saturated heterocycles. The minimum atomic E-state index is 0.695. The molecule has 2 rings (SSSR count). The summed E-state index contributed by atoms with van der Waals surface area (Å²) in [7, 11) is 0. The van der Waals surface area contributed by atoms with Gasteiger partial charge in [0, 0.05) is 23.2 Å². The first-order valence-corrected chi connectivity index (χ1v) is 6.36. The Labute approximate surface area is 108 Å². The zero-order chi connectivity index (χ0) is 13.0. The number of nitrogens with two attached hydrogens (primary N) is 1. The Hall–Kier alpha value is -1.90. The molecule has 3 N–H and O–H groups in total. The number of benzene rings is 1. The quantitative estimate of drug-likeness (QED) is 0.604. The molecule has 1 aliphatic rings. The monoisotopic (exact) mass is 241 g/mol. The van der Waals surface area contributed by atoms with Crippen molar-refractivity contribution in [2.45, 2.75) is 26.2 Å². The number of rotatable bonds is 5. The highest BCUT2D eigenvalue weighted by Crippen LogP contribution is 2.20. The lowest BCUT2D eigenvalue weighted by Crippen LogP contribution is -2.02. The van der Waals surface area contributed by atoms with E-state index in [4.69, 9.17) is 11.1 Å². The number of aliphatic imine (C=N–C) groups is 1. The lowest BCUT2D eigenvalue weighted by Gasteiger charge is -2.11. The van der Waals surface area contributed by atoms with Crippen LogP contribution in [0.5, 0.6) is 0 Å². The first-order valence-electron chi connectivity index (χ1n) is 6.36. The molecule has 0 atom stereocenters. The molecule has 94 valence electrons. The van der Waals surface area contributed by atoms with Crippen molar-refractivity contribution in [3.05, 3.63) is 41.0 Å². The third kappa shape index (κ3) is 2.67. The second-order valence-corrected chi connectivity index (χ2v) is 4.48. The van der Waals surface area contributed by atoms with Gasteiger partial charge in [0.15, 0.2) is 0 Å². The summed E-state index contributed by atoms with van der Waals surface area (Å²) in [5.41, 5.74) is 11.2. The summed E-state index contributed by atoms with van der Waals surface area (Å²) >= 11 is 0. The smallest absolute Gasteiger partial charge is 0.0577 e. The van der Waals surface area contributed by atoms with Gasteiger partial charge in [-0.25, -0.2) is 0 Å². The Morgan fingerprint density at radius 2 is 2.17 bits per heavy atom. The van der Waals surface area contributed by atoms with Crippen LogP contribution in [0.2, 0.25) is 0 Å². The standard InChI is InChI=1S/C15H19N3/c1-2-11-8-13(10-16)15(17)9-12(11)5-6-14-4-3-7-18-14/h3-4,8-10,16H,2,5-7,17H2,1H3. The van der Waals surface area contributed by atoms with Gasteiger partial charge in [-0.1, -0.05) is 13.0 Å². The summed E-state index contributed by atoms with van der Waals surface area (Å²) in [5, 5.41) is 7.33. The van der Waals surface area contributed by atoms with Crippen LogP contribution in [0.1, 0.15) is 30.0 Å². The summed E-state index contributed by atoms with van der Waals surface area (Å²) in [5.74, 6) is 0. The first kappa shape index (κ1) is 12.6.